The molecule has 5 nitrogen and oxygen atoms in total. The van der Waals surface area contributed by atoms with E-state index < -0.39 is 5.82 Å². The van der Waals surface area contributed by atoms with Crippen LogP contribution in [0.25, 0.3) is 0 Å². The molecule has 0 aromatic heterocycles. The summed E-state index contributed by atoms with van der Waals surface area (Å²) >= 11 is 0. The third-order valence-electron chi connectivity index (χ3n) is 4.37. The minimum atomic E-state index is -0.438. The van der Waals surface area contributed by atoms with E-state index in [1.807, 2.05) is 18.2 Å². The number of morpholine rings is 1. The number of hydrogen-bond donors (Lipinski definition) is 1. The predicted molar refractivity (Wildman–Crippen MR) is 96.7 cm³/mol. The van der Waals surface area contributed by atoms with Crippen molar-refractivity contribution in [2.75, 3.05) is 33.4 Å². The van der Waals surface area contributed by atoms with Gasteiger partial charge in [0.15, 0.2) is 11.6 Å². The molecular weight excluding hydrogens is 335 g/mol. The third kappa shape index (κ3) is 4.80. The Kier molecular flexibility index (Phi) is 6.20. The number of nitrogens with zero attached hydrogens (tertiary/aromatic N) is 1. The maximum Gasteiger partial charge on any atom is 0.251 e. The Morgan fingerprint density at radius 1 is 1.19 bits per heavy atom. The molecule has 0 radical (unpaired) electrons. The van der Waals surface area contributed by atoms with Gasteiger partial charge in [-0.1, -0.05) is 18.2 Å². The quantitative estimate of drug-likeness (QED) is 0.862. The lowest BCUT2D eigenvalue weighted by Gasteiger charge is -2.26. The van der Waals surface area contributed by atoms with Gasteiger partial charge in [0.05, 0.1) is 20.3 Å². The molecule has 0 atom stereocenters. The molecule has 1 fully saturated rings. The van der Waals surface area contributed by atoms with Crippen LogP contribution in [-0.2, 0) is 17.8 Å². The molecule has 1 amide bonds. The van der Waals surface area contributed by atoms with Crippen molar-refractivity contribution in [2.45, 2.75) is 13.1 Å². The van der Waals surface area contributed by atoms with Crippen LogP contribution in [0, 0.1) is 5.82 Å². The van der Waals surface area contributed by atoms with E-state index >= 15 is 0 Å². The Labute approximate surface area is 152 Å². The molecule has 0 aliphatic carbocycles. The van der Waals surface area contributed by atoms with Crippen molar-refractivity contribution in [2.24, 2.45) is 0 Å². The second-order valence-electron chi connectivity index (χ2n) is 6.24. The molecule has 0 saturated carbocycles. The molecule has 2 aromatic rings. The molecule has 0 bridgehead atoms. The summed E-state index contributed by atoms with van der Waals surface area (Å²) in [7, 11) is 1.42. The molecule has 1 saturated heterocycles. The fraction of sp³-hybridized carbons (Fsp3) is 0.350. The fourth-order valence-electron chi connectivity index (χ4n) is 2.93. The predicted octanol–water partition coefficient (Wildman–Crippen LogP) is 2.60. The molecule has 26 heavy (non-hydrogen) atoms. The Hall–Kier alpha value is -2.44. The Balaban J connectivity index is 1.59. The summed E-state index contributed by atoms with van der Waals surface area (Å²) in [6.07, 6.45) is 0. The highest BCUT2D eigenvalue weighted by Crippen LogP contribution is 2.17. The number of methoxy groups -OCH3 is 1. The Morgan fingerprint density at radius 3 is 2.73 bits per heavy atom. The van der Waals surface area contributed by atoms with Crippen molar-refractivity contribution >= 4 is 5.91 Å². The number of carbonyl (C=O) groups is 1. The molecule has 1 aliphatic rings. The molecule has 1 aliphatic heterocycles. The molecule has 138 valence electrons. The van der Waals surface area contributed by atoms with E-state index in [0.717, 1.165) is 38.4 Å². The first-order valence-corrected chi connectivity index (χ1v) is 8.65. The minimum Gasteiger partial charge on any atom is -0.494 e. The smallest absolute Gasteiger partial charge is 0.251 e. The summed E-state index contributed by atoms with van der Waals surface area (Å²) in [5, 5.41) is 2.83. The van der Waals surface area contributed by atoms with Gasteiger partial charge in [-0.3, -0.25) is 9.69 Å². The largest absolute Gasteiger partial charge is 0.494 e. The zero-order valence-corrected chi connectivity index (χ0v) is 14.8. The zero-order chi connectivity index (χ0) is 18.4. The first-order chi connectivity index (χ1) is 12.7. The van der Waals surface area contributed by atoms with Crippen molar-refractivity contribution < 1.29 is 18.7 Å². The van der Waals surface area contributed by atoms with Crippen LogP contribution in [0.3, 0.4) is 0 Å². The molecule has 0 spiro atoms. The molecular formula is C20H23FN2O3. The van der Waals surface area contributed by atoms with E-state index in [4.69, 9.17) is 9.47 Å². The van der Waals surface area contributed by atoms with Crippen LogP contribution in [0.5, 0.6) is 5.75 Å². The average molecular weight is 358 g/mol. The number of hydrogen-bond acceptors (Lipinski definition) is 4. The van der Waals surface area contributed by atoms with E-state index in [1.54, 1.807) is 18.2 Å². The van der Waals surface area contributed by atoms with Gasteiger partial charge >= 0.3 is 0 Å². The second kappa shape index (κ2) is 8.78. The lowest BCUT2D eigenvalue weighted by molar-refractivity contribution is 0.0342. The number of carbonyl (C=O) groups excluding carboxylic acids is 1. The van der Waals surface area contributed by atoms with Crippen LogP contribution < -0.4 is 10.1 Å². The van der Waals surface area contributed by atoms with Crippen LogP contribution in [-0.4, -0.2) is 44.2 Å². The molecule has 0 unspecified atom stereocenters. The highest BCUT2D eigenvalue weighted by molar-refractivity contribution is 5.94. The molecule has 3 rings (SSSR count). The standard InChI is InChI=1S/C20H23FN2O3/c1-25-19-6-5-15(12-18(19)21)13-22-20(24)17-4-2-3-16(11-17)14-23-7-9-26-10-8-23/h2-6,11-12H,7-10,13-14H2,1H3,(H,22,24). The number of halogens is 1. The van der Waals surface area contributed by atoms with Crippen molar-refractivity contribution in [3.05, 3.63) is 65.0 Å². The summed E-state index contributed by atoms with van der Waals surface area (Å²) in [6.45, 7) is 4.36. The van der Waals surface area contributed by atoms with Gasteiger partial charge in [-0.15, -0.1) is 0 Å². The van der Waals surface area contributed by atoms with Crippen molar-refractivity contribution in [3.63, 3.8) is 0 Å². The SMILES string of the molecule is COc1ccc(CNC(=O)c2cccc(CN3CCOCC3)c2)cc1F. The van der Waals surface area contributed by atoms with Crippen LogP contribution in [0.1, 0.15) is 21.5 Å². The highest BCUT2D eigenvalue weighted by Gasteiger charge is 2.12. The van der Waals surface area contributed by atoms with Crippen molar-refractivity contribution in [1.29, 1.82) is 0 Å². The fourth-order valence-corrected chi connectivity index (χ4v) is 2.93. The first kappa shape index (κ1) is 18.4. The van der Waals surface area contributed by atoms with Gasteiger partial charge in [0, 0.05) is 31.7 Å². The van der Waals surface area contributed by atoms with E-state index in [0.29, 0.717) is 11.1 Å². The van der Waals surface area contributed by atoms with Gasteiger partial charge < -0.3 is 14.8 Å². The average Bonchev–Trinajstić information content (AvgIpc) is 2.67. The number of amides is 1. The number of ether oxygens (including phenoxy) is 2. The maximum atomic E-state index is 13.7. The lowest BCUT2D eigenvalue weighted by atomic mass is 10.1. The normalized spacial score (nSPS) is 14.8. The topological polar surface area (TPSA) is 50.8 Å². The first-order valence-electron chi connectivity index (χ1n) is 8.65. The zero-order valence-electron chi connectivity index (χ0n) is 14.8. The summed E-state index contributed by atoms with van der Waals surface area (Å²) < 4.78 is 24.0. The van der Waals surface area contributed by atoms with Gasteiger partial charge in [0.1, 0.15) is 0 Å². The molecule has 6 heteroatoms. The lowest BCUT2D eigenvalue weighted by Crippen LogP contribution is -2.35. The van der Waals surface area contributed by atoms with Gasteiger partial charge in [-0.25, -0.2) is 4.39 Å². The maximum absolute atomic E-state index is 13.7. The monoisotopic (exact) mass is 358 g/mol. The van der Waals surface area contributed by atoms with E-state index in [9.17, 15) is 9.18 Å². The van der Waals surface area contributed by atoms with Crippen LogP contribution in [0.4, 0.5) is 4.39 Å². The summed E-state index contributed by atoms with van der Waals surface area (Å²) in [5.74, 6) is -0.423. The van der Waals surface area contributed by atoms with Crippen molar-refractivity contribution in [3.8, 4) is 5.75 Å². The van der Waals surface area contributed by atoms with Crippen LogP contribution >= 0.6 is 0 Å². The van der Waals surface area contributed by atoms with E-state index in [-0.39, 0.29) is 18.2 Å². The van der Waals surface area contributed by atoms with Gasteiger partial charge in [0.25, 0.3) is 5.91 Å². The highest BCUT2D eigenvalue weighted by atomic mass is 19.1. The summed E-state index contributed by atoms with van der Waals surface area (Å²) in [4.78, 5) is 14.7. The Morgan fingerprint density at radius 2 is 2.00 bits per heavy atom. The number of benzene rings is 2. The van der Waals surface area contributed by atoms with Crippen LogP contribution in [0.15, 0.2) is 42.5 Å². The number of rotatable bonds is 6. The summed E-state index contributed by atoms with van der Waals surface area (Å²) in [6, 6.07) is 12.2. The number of nitrogens with one attached hydrogen (secondary N) is 1. The molecule has 1 N–H and O–H groups in total. The second-order valence-corrected chi connectivity index (χ2v) is 6.24. The van der Waals surface area contributed by atoms with Gasteiger partial charge in [0.2, 0.25) is 0 Å². The molecule has 2 aromatic carbocycles. The summed E-state index contributed by atoms with van der Waals surface area (Å²) in [5.41, 5.74) is 2.38. The van der Waals surface area contributed by atoms with E-state index in [2.05, 4.69) is 10.2 Å². The van der Waals surface area contributed by atoms with Gasteiger partial charge in [-0.2, -0.15) is 0 Å². The van der Waals surface area contributed by atoms with Crippen molar-refractivity contribution in [1.82, 2.24) is 10.2 Å². The molecule has 1 heterocycles. The van der Waals surface area contributed by atoms with Crippen LogP contribution in [0.2, 0.25) is 0 Å². The van der Waals surface area contributed by atoms with E-state index in [1.165, 1.54) is 13.2 Å². The third-order valence-corrected chi connectivity index (χ3v) is 4.37. The van der Waals surface area contributed by atoms with Gasteiger partial charge in [-0.05, 0) is 35.4 Å². The minimum absolute atomic E-state index is 0.176. The Bertz CT molecular complexity index is 760.